The summed E-state index contributed by atoms with van der Waals surface area (Å²) in [7, 11) is 0. The van der Waals surface area contributed by atoms with Crippen molar-refractivity contribution in [3.8, 4) is 11.5 Å². The van der Waals surface area contributed by atoms with Crippen LogP contribution < -0.4 is 0 Å². The van der Waals surface area contributed by atoms with Crippen LogP contribution in [0.1, 0.15) is 11.1 Å². The first-order valence-electron chi connectivity index (χ1n) is 5.52. The Morgan fingerprint density at radius 1 is 1.18 bits per heavy atom. The highest BCUT2D eigenvalue weighted by Crippen LogP contribution is 2.26. The number of aromatic nitrogens is 2. The van der Waals surface area contributed by atoms with E-state index < -0.39 is 0 Å². The van der Waals surface area contributed by atoms with Crippen LogP contribution in [0.4, 0.5) is 0 Å². The van der Waals surface area contributed by atoms with Crippen LogP contribution in [0.2, 0.25) is 0 Å². The number of aryl methyl sites for hydroxylation is 2. The minimum Gasteiger partial charge on any atom is -0.436 e. The van der Waals surface area contributed by atoms with Crippen molar-refractivity contribution in [2.75, 3.05) is 0 Å². The van der Waals surface area contributed by atoms with Crippen molar-refractivity contribution in [1.82, 2.24) is 9.97 Å². The van der Waals surface area contributed by atoms with Crippen LogP contribution in [0.3, 0.4) is 0 Å². The van der Waals surface area contributed by atoms with E-state index in [4.69, 9.17) is 4.42 Å². The first kappa shape index (κ1) is 10.0. The van der Waals surface area contributed by atoms with Gasteiger partial charge in [-0.1, -0.05) is 6.07 Å². The van der Waals surface area contributed by atoms with Gasteiger partial charge in [0.15, 0.2) is 5.58 Å². The molecule has 84 valence electrons. The summed E-state index contributed by atoms with van der Waals surface area (Å²) in [5, 5.41) is 0. The monoisotopic (exact) mass is 224 g/mol. The quantitative estimate of drug-likeness (QED) is 0.635. The molecule has 3 heteroatoms. The van der Waals surface area contributed by atoms with Gasteiger partial charge in [-0.3, -0.25) is 4.98 Å². The van der Waals surface area contributed by atoms with E-state index in [9.17, 15) is 0 Å². The maximum atomic E-state index is 5.79. The third-order valence-electron chi connectivity index (χ3n) is 2.73. The maximum Gasteiger partial charge on any atom is 0.228 e. The molecule has 0 aliphatic rings. The Morgan fingerprint density at radius 3 is 2.82 bits per heavy atom. The molecule has 0 radical (unpaired) electrons. The van der Waals surface area contributed by atoms with Crippen molar-refractivity contribution in [2.45, 2.75) is 13.8 Å². The first-order chi connectivity index (χ1) is 8.24. The van der Waals surface area contributed by atoms with Crippen LogP contribution in [0.25, 0.3) is 22.6 Å². The molecule has 0 amide bonds. The summed E-state index contributed by atoms with van der Waals surface area (Å²) in [6, 6.07) is 7.95. The maximum absolute atomic E-state index is 5.79. The van der Waals surface area contributed by atoms with Crippen LogP contribution in [0.5, 0.6) is 0 Å². The van der Waals surface area contributed by atoms with Gasteiger partial charge in [-0.25, -0.2) is 4.98 Å². The fourth-order valence-electron chi connectivity index (χ4n) is 1.99. The standard InChI is InChI=1S/C14H12N2O/c1-9-6-10(2)13-12(7-9)16-14(17-13)11-4-3-5-15-8-11/h3-8H,1-2H3. The average molecular weight is 224 g/mol. The van der Waals surface area contributed by atoms with Gasteiger partial charge >= 0.3 is 0 Å². The second-order valence-corrected chi connectivity index (χ2v) is 4.19. The van der Waals surface area contributed by atoms with E-state index in [0.717, 1.165) is 22.2 Å². The molecular weight excluding hydrogens is 212 g/mol. The van der Waals surface area contributed by atoms with Crippen molar-refractivity contribution in [3.05, 3.63) is 47.8 Å². The second kappa shape index (κ2) is 3.70. The molecular formula is C14H12N2O. The summed E-state index contributed by atoms with van der Waals surface area (Å²) >= 11 is 0. The Kier molecular flexibility index (Phi) is 2.18. The Balaban J connectivity index is 2.24. The molecule has 17 heavy (non-hydrogen) atoms. The van der Waals surface area contributed by atoms with Crippen LogP contribution in [-0.4, -0.2) is 9.97 Å². The van der Waals surface area contributed by atoms with Crippen molar-refractivity contribution >= 4 is 11.1 Å². The number of oxazole rings is 1. The molecule has 0 aliphatic heterocycles. The number of rotatable bonds is 1. The van der Waals surface area contributed by atoms with Crippen LogP contribution in [0.15, 0.2) is 41.1 Å². The summed E-state index contributed by atoms with van der Waals surface area (Å²) < 4.78 is 5.79. The van der Waals surface area contributed by atoms with E-state index in [0.29, 0.717) is 5.89 Å². The lowest BCUT2D eigenvalue weighted by Crippen LogP contribution is -1.78. The lowest BCUT2D eigenvalue weighted by Gasteiger charge is -1.95. The highest BCUT2D eigenvalue weighted by atomic mass is 16.3. The minimum absolute atomic E-state index is 0.627. The Hall–Kier alpha value is -2.16. The van der Waals surface area contributed by atoms with Crippen molar-refractivity contribution in [2.24, 2.45) is 0 Å². The third-order valence-corrected chi connectivity index (χ3v) is 2.73. The van der Waals surface area contributed by atoms with Crippen molar-refractivity contribution < 1.29 is 4.42 Å². The van der Waals surface area contributed by atoms with E-state index in [1.165, 1.54) is 5.56 Å². The molecule has 0 N–H and O–H groups in total. The van der Waals surface area contributed by atoms with Gasteiger partial charge in [0, 0.05) is 12.4 Å². The van der Waals surface area contributed by atoms with Crippen molar-refractivity contribution in [1.29, 1.82) is 0 Å². The van der Waals surface area contributed by atoms with Gasteiger partial charge < -0.3 is 4.42 Å². The highest BCUT2D eigenvalue weighted by molar-refractivity contribution is 5.79. The molecule has 0 aliphatic carbocycles. The highest BCUT2D eigenvalue weighted by Gasteiger charge is 2.10. The van der Waals surface area contributed by atoms with Crippen LogP contribution in [0, 0.1) is 13.8 Å². The lowest BCUT2D eigenvalue weighted by atomic mass is 10.1. The number of pyridine rings is 1. The molecule has 0 saturated heterocycles. The van der Waals surface area contributed by atoms with E-state index in [2.05, 4.69) is 23.0 Å². The number of fused-ring (bicyclic) bond motifs is 1. The third kappa shape index (κ3) is 1.69. The van der Waals surface area contributed by atoms with E-state index >= 15 is 0 Å². The molecule has 2 heterocycles. The molecule has 0 saturated carbocycles. The van der Waals surface area contributed by atoms with Gasteiger partial charge in [-0.15, -0.1) is 0 Å². The van der Waals surface area contributed by atoms with Crippen LogP contribution >= 0.6 is 0 Å². The Bertz CT molecular complexity index is 671. The molecule has 0 unspecified atom stereocenters. The number of hydrogen-bond acceptors (Lipinski definition) is 3. The molecule has 1 aromatic carbocycles. The summed E-state index contributed by atoms with van der Waals surface area (Å²) in [6.45, 7) is 4.10. The molecule has 2 aromatic heterocycles. The molecule has 0 spiro atoms. The summed E-state index contributed by atoms with van der Waals surface area (Å²) in [5.41, 5.74) is 4.97. The summed E-state index contributed by atoms with van der Waals surface area (Å²) in [5.74, 6) is 0.627. The Labute approximate surface area is 99.1 Å². The van der Waals surface area contributed by atoms with Gasteiger partial charge in [-0.2, -0.15) is 0 Å². The topological polar surface area (TPSA) is 38.9 Å². The largest absolute Gasteiger partial charge is 0.436 e. The lowest BCUT2D eigenvalue weighted by molar-refractivity contribution is 0.617. The fraction of sp³-hybridized carbons (Fsp3) is 0.143. The zero-order valence-corrected chi connectivity index (χ0v) is 9.77. The number of nitrogens with zero attached hydrogens (tertiary/aromatic N) is 2. The predicted molar refractivity (Wildman–Crippen MR) is 66.7 cm³/mol. The zero-order chi connectivity index (χ0) is 11.8. The average Bonchev–Trinajstić information content (AvgIpc) is 2.74. The molecule has 0 bridgehead atoms. The first-order valence-corrected chi connectivity index (χ1v) is 5.52. The summed E-state index contributed by atoms with van der Waals surface area (Å²) in [4.78, 5) is 8.57. The summed E-state index contributed by atoms with van der Waals surface area (Å²) in [6.07, 6.45) is 3.49. The molecule has 3 rings (SSSR count). The van der Waals surface area contributed by atoms with Gasteiger partial charge in [0.1, 0.15) is 5.52 Å². The van der Waals surface area contributed by atoms with Gasteiger partial charge in [0.05, 0.1) is 5.56 Å². The second-order valence-electron chi connectivity index (χ2n) is 4.19. The number of hydrogen-bond donors (Lipinski definition) is 0. The van der Waals surface area contributed by atoms with Crippen molar-refractivity contribution in [3.63, 3.8) is 0 Å². The molecule has 3 nitrogen and oxygen atoms in total. The van der Waals surface area contributed by atoms with Gasteiger partial charge in [0.25, 0.3) is 0 Å². The Morgan fingerprint density at radius 2 is 2.06 bits per heavy atom. The van der Waals surface area contributed by atoms with Crippen LogP contribution in [-0.2, 0) is 0 Å². The fourth-order valence-corrected chi connectivity index (χ4v) is 1.99. The van der Waals surface area contributed by atoms with Gasteiger partial charge in [-0.05, 0) is 43.2 Å². The van der Waals surface area contributed by atoms with Gasteiger partial charge in [0.2, 0.25) is 5.89 Å². The number of benzene rings is 1. The molecule has 0 fully saturated rings. The molecule has 3 aromatic rings. The van der Waals surface area contributed by atoms with E-state index in [-0.39, 0.29) is 0 Å². The smallest absolute Gasteiger partial charge is 0.228 e. The predicted octanol–water partition coefficient (Wildman–Crippen LogP) is 3.51. The SMILES string of the molecule is Cc1cc(C)c2oc(-c3cccnc3)nc2c1. The normalized spacial score (nSPS) is 10.9. The molecule has 0 atom stereocenters. The van der Waals surface area contributed by atoms with E-state index in [1.54, 1.807) is 12.4 Å². The van der Waals surface area contributed by atoms with E-state index in [1.807, 2.05) is 25.1 Å². The zero-order valence-electron chi connectivity index (χ0n) is 9.77. The minimum atomic E-state index is 0.627.